The Kier molecular flexibility index (Phi) is 4.85. The van der Waals surface area contributed by atoms with Crippen LogP contribution in [0.3, 0.4) is 0 Å². The Labute approximate surface area is 154 Å². The van der Waals surface area contributed by atoms with Gasteiger partial charge in [-0.25, -0.2) is 14.3 Å². The van der Waals surface area contributed by atoms with Crippen molar-refractivity contribution in [3.05, 3.63) is 57.0 Å². The van der Waals surface area contributed by atoms with Crippen LogP contribution >= 0.6 is 0 Å². The minimum atomic E-state index is -0.591. The fourth-order valence-corrected chi connectivity index (χ4v) is 3.07. The van der Waals surface area contributed by atoms with Gasteiger partial charge >= 0.3 is 5.69 Å². The van der Waals surface area contributed by atoms with Gasteiger partial charge in [-0.1, -0.05) is 18.2 Å². The van der Waals surface area contributed by atoms with Crippen molar-refractivity contribution in [1.82, 2.24) is 24.0 Å². The van der Waals surface area contributed by atoms with E-state index in [2.05, 4.69) is 10.3 Å². The molecular formula is C18H21N5O4. The number of ether oxygens (including phenoxy) is 1. The SMILES string of the molecule is COc1ccccc1[C@H](C)NC(=O)Cn1c(=O)c2c(ncn2C)n(C)c1=O. The average Bonchev–Trinajstić information content (AvgIpc) is 3.05. The van der Waals surface area contributed by atoms with E-state index in [1.165, 1.54) is 22.5 Å². The summed E-state index contributed by atoms with van der Waals surface area (Å²) in [5, 5.41) is 2.80. The zero-order valence-corrected chi connectivity index (χ0v) is 15.6. The summed E-state index contributed by atoms with van der Waals surface area (Å²) in [7, 11) is 4.73. The zero-order valence-electron chi connectivity index (χ0n) is 15.6. The minimum absolute atomic E-state index is 0.266. The highest BCUT2D eigenvalue weighted by molar-refractivity contribution is 5.77. The highest BCUT2D eigenvalue weighted by Gasteiger charge is 2.19. The molecule has 0 aliphatic heterocycles. The highest BCUT2D eigenvalue weighted by atomic mass is 16.5. The predicted molar refractivity (Wildman–Crippen MR) is 99.8 cm³/mol. The molecule has 0 radical (unpaired) electrons. The lowest BCUT2D eigenvalue weighted by molar-refractivity contribution is -0.122. The Morgan fingerprint density at radius 3 is 2.67 bits per heavy atom. The van der Waals surface area contributed by atoms with Crippen molar-refractivity contribution in [3.8, 4) is 5.75 Å². The molecule has 0 spiro atoms. The average molecular weight is 371 g/mol. The standard InChI is InChI=1S/C18H21N5O4/c1-11(12-7-5-6-8-13(12)27-4)20-14(24)9-23-17(25)15-16(19-10-21(15)2)22(3)18(23)26/h5-8,10-11H,9H2,1-4H3,(H,20,24)/t11-/m0/s1. The Bertz CT molecular complexity index is 1120. The molecule has 2 aromatic heterocycles. The largest absolute Gasteiger partial charge is 0.496 e. The van der Waals surface area contributed by atoms with E-state index in [0.717, 1.165) is 10.1 Å². The van der Waals surface area contributed by atoms with E-state index in [1.807, 2.05) is 18.2 Å². The van der Waals surface area contributed by atoms with Crippen LogP contribution in [0.4, 0.5) is 0 Å². The molecule has 0 aliphatic carbocycles. The van der Waals surface area contributed by atoms with E-state index >= 15 is 0 Å². The number of benzene rings is 1. The van der Waals surface area contributed by atoms with Gasteiger partial charge in [0.15, 0.2) is 11.2 Å². The third-order valence-electron chi connectivity index (χ3n) is 4.49. The van der Waals surface area contributed by atoms with E-state index in [9.17, 15) is 14.4 Å². The third-order valence-corrected chi connectivity index (χ3v) is 4.49. The number of nitrogens with one attached hydrogen (secondary N) is 1. The lowest BCUT2D eigenvalue weighted by atomic mass is 10.1. The quantitative estimate of drug-likeness (QED) is 0.696. The first-order valence-electron chi connectivity index (χ1n) is 8.38. The molecule has 0 bridgehead atoms. The van der Waals surface area contributed by atoms with Crippen LogP contribution in [-0.2, 0) is 25.4 Å². The molecule has 0 fully saturated rings. The number of amides is 1. The number of hydrogen-bond donors (Lipinski definition) is 1. The summed E-state index contributed by atoms with van der Waals surface area (Å²) in [6.45, 7) is 1.42. The van der Waals surface area contributed by atoms with Gasteiger partial charge in [0.2, 0.25) is 5.91 Å². The fourth-order valence-electron chi connectivity index (χ4n) is 3.07. The second-order valence-corrected chi connectivity index (χ2v) is 6.29. The van der Waals surface area contributed by atoms with E-state index < -0.39 is 17.2 Å². The Morgan fingerprint density at radius 1 is 1.26 bits per heavy atom. The van der Waals surface area contributed by atoms with Gasteiger partial charge in [0.1, 0.15) is 12.3 Å². The molecule has 9 heteroatoms. The second-order valence-electron chi connectivity index (χ2n) is 6.29. The minimum Gasteiger partial charge on any atom is -0.496 e. The van der Waals surface area contributed by atoms with Gasteiger partial charge in [-0.15, -0.1) is 0 Å². The van der Waals surface area contributed by atoms with Gasteiger partial charge in [-0.2, -0.15) is 0 Å². The van der Waals surface area contributed by atoms with Crippen LogP contribution in [0.15, 0.2) is 40.2 Å². The Balaban J connectivity index is 1.90. The van der Waals surface area contributed by atoms with E-state index in [-0.39, 0.29) is 23.8 Å². The van der Waals surface area contributed by atoms with Crippen molar-refractivity contribution < 1.29 is 9.53 Å². The maximum atomic E-state index is 12.7. The van der Waals surface area contributed by atoms with Gasteiger partial charge in [0.05, 0.1) is 19.5 Å². The second kappa shape index (κ2) is 7.10. The monoisotopic (exact) mass is 371 g/mol. The molecule has 0 unspecified atom stereocenters. The number of methoxy groups -OCH3 is 1. The van der Waals surface area contributed by atoms with E-state index in [0.29, 0.717) is 5.75 Å². The molecule has 0 aliphatic rings. The lowest BCUT2D eigenvalue weighted by Gasteiger charge is -2.17. The lowest BCUT2D eigenvalue weighted by Crippen LogP contribution is -2.43. The van der Waals surface area contributed by atoms with Crippen LogP contribution < -0.4 is 21.3 Å². The van der Waals surface area contributed by atoms with Crippen LogP contribution in [0.5, 0.6) is 5.75 Å². The van der Waals surface area contributed by atoms with E-state index in [1.54, 1.807) is 27.1 Å². The first-order valence-corrected chi connectivity index (χ1v) is 8.38. The summed E-state index contributed by atoms with van der Waals surface area (Å²) in [4.78, 5) is 41.7. The number of fused-ring (bicyclic) bond motifs is 1. The number of para-hydroxylation sites is 1. The molecule has 142 valence electrons. The first-order chi connectivity index (χ1) is 12.8. The van der Waals surface area contributed by atoms with Crippen LogP contribution in [0.2, 0.25) is 0 Å². The maximum absolute atomic E-state index is 12.7. The topological polar surface area (TPSA) is 100 Å². The van der Waals surface area contributed by atoms with Gasteiger partial charge < -0.3 is 14.6 Å². The smallest absolute Gasteiger partial charge is 0.332 e. The molecule has 2 heterocycles. The normalized spacial score (nSPS) is 12.1. The van der Waals surface area contributed by atoms with E-state index in [4.69, 9.17) is 4.74 Å². The van der Waals surface area contributed by atoms with Crippen molar-refractivity contribution in [2.75, 3.05) is 7.11 Å². The van der Waals surface area contributed by atoms with Crippen LogP contribution in [0.25, 0.3) is 11.2 Å². The number of aromatic nitrogens is 4. The van der Waals surface area contributed by atoms with Crippen molar-refractivity contribution >= 4 is 17.1 Å². The molecule has 1 N–H and O–H groups in total. The van der Waals surface area contributed by atoms with Crippen LogP contribution in [0.1, 0.15) is 18.5 Å². The van der Waals surface area contributed by atoms with Gasteiger partial charge in [0.25, 0.3) is 5.56 Å². The summed E-state index contributed by atoms with van der Waals surface area (Å²) in [6, 6.07) is 6.97. The third kappa shape index (κ3) is 3.23. The molecule has 27 heavy (non-hydrogen) atoms. The molecule has 1 atom stereocenters. The zero-order chi connectivity index (χ0) is 19.7. The number of carbonyl (C=O) groups excluding carboxylic acids is 1. The Hall–Kier alpha value is -3.36. The van der Waals surface area contributed by atoms with Crippen molar-refractivity contribution in [2.24, 2.45) is 14.1 Å². The van der Waals surface area contributed by atoms with Crippen molar-refractivity contribution in [1.29, 1.82) is 0 Å². The molecule has 9 nitrogen and oxygen atoms in total. The number of rotatable bonds is 5. The molecule has 1 aromatic carbocycles. The van der Waals surface area contributed by atoms with Gasteiger partial charge in [-0.3, -0.25) is 14.2 Å². The summed E-state index contributed by atoms with van der Waals surface area (Å²) in [5.41, 5.74) is 0.212. The van der Waals surface area contributed by atoms with Gasteiger partial charge in [-0.05, 0) is 13.0 Å². The summed E-state index contributed by atoms with van der Waals surface area (Å²) in [6.07, 6.45) is 1.46. The number of imidazole rings is 1. The maximum Gasteiger partial charge on any atom is 0.332 e. The fraction of sp³-hybridized carbons (Fsp3) is 0.333. The van der Waals surface area contributed by atoms with Crippen molar-refractivity contribution in [3.63, 3.8) is 0 Å². The molecule has 1 amide bonds. The Morgan fingerprint density at radius 2 is 1.96 bits per heavy atom. The number of carbonyl (C=O) groups is 1. The number of nitrogens with zero attached hydrogens (tertiary/aromatic N) is 4. The van der Waals surface area contributed by atoms with Crippen molar-refractivity contribution in [2.45, 2.75) is 19.5 Å². The first kappa shape index (κ1) is 18.4. The summed E-state index contributed by atoms with van der Waals surface area (Å²) >= 11 is 0. The highest BCUT2D eigenvalue weighted by Crippen LogP contribution is 2.24. The molecule has 0 saturated heterocycles. The molecule has 0 saturated carbocycles. The molecule has 3 aromatic rings. The van der Waals surface area contributed by atoms with Crippen LogP contribution in [-0.4, -0.2) is 31.7 Å². The number of hydrogen-bond acceptors (Lipinski definition) is 5. The summed E-state index contributed by atoms with van der Waals surface area (Å²) < 4.78 is 9.00. The van der Waals surface area contributed by atoms with Gasteiger partial charge in [0, 0.05) is 19.7 Å². The summed E-state index contributed by atoms with van der Waals surface area (Å²) in [5.74, 6) is 0.198. The van der Waals surface area contributed by atoms with Crippen LogP contribution in [0, 0.1) is 0 Å². The molecule has 3 rings (SSSR count). The molecular weight excluding hydrogens is 350 g/mol. The predicted octanol–water partition coefficient (Wildman–Crippen LogP) is 0.320. The number of aryl methyl sites for hydroxylation is 2.